The average Bonchev–Trinajstić information content (AvgIpc) is 2.58. The number of carbonyl (C=O) groups is 2. The first-order valence-electron chi connectivity index (χ1n) is 8.64. The molecule has 6 heteroatoms. The van der Waals surface area contributed by atoms with Gasteiger partial charge < -0.3 is 19.1 Å². The standard InChI is InChI=1S/C20H29NO5/c1-13(2)21(14(3)4)20(23)15(5)26-19(22)11-9-16-8-10-17(24-6)12-18(16)25-7/h8-15H,1-7H3/b11-9+. The molecule has 0 spiro atoms. The van der Waals surface area contributed by atoms with Gasteiger partial charge in [-0.1, -0.05) is 0 Å². The number of carbonyl (C=O) groups excluding carboxylic acids is 2. The Morgan fingerprint density at radius 1 is 1.00 bits per heavy atom. The van der Waals surface area contributed by atoms with Crippen molar-refractivity contribution in [2.24, 2.45) is 0 Å². The molecule has 0 radical (unpaired) electrons. The molecule has 1 amide bonds. The number of nitrogens with zero attached hydrogens (tertiary/aromatic N) is 1. The van der Waals surface area contributed by atoms with Gasteiger partial charge in [0.2, 0.25) is 0 Å². The van der Waals surface area contributed by atoms with Gasteiger partial charge in [0.1, 0.15) is 11.5 Å². The van der Waals surface area contributed by atoms with E-state index in [4.69, 9.17) is 14.2 Å². The molecule has 0 heterocycles. The summed E-state index contributed by atoms with van der Waals surface area (Å²) in [5.74, 6) is 0.432. The molecule has 26 heavy (non-hydrogen) atoms. The Kier molecular flexibility index (Phi) is 8.16. The maximum Gasteiger partial charge on any atom is 0.331 e. The second-order valence-electron chi connectivity index (χ2n) is 6.45. The first-order valence-corrected chi connectivity index (χ1v) is 8.64. The zero-order chi connectivity index (χ0) is 19.9. The van der Waals surface area contributed by atoms with Crippen molar-refractivity contribution in [3.8, 4) is 11.5 Å². The summed E-state index contributed by atoms with van der Waals surface area (Å²) < 4.78 is 15.7. The van der Waals surface area contributed by atoms with E-state index >= 15 is 0 Å². The normalized spacial score (nSPS) is 12.3. The van der Waals surface area contributed by atoms with Crippen LogP contribution in [0.2, 0.25) is 0 Å². The summed E-state index contributed by atoms with van der Waals surface area (Å²) in [6.45, 7) is 9.31. The van der Waals surface area contributed by atoms with Crippen LogP contribution in [0, 0.1) is 0 Å². The third kappa shape index (κ3) is 5.79. The van der Waals surface area contributed by atoms with E-state index < -0.39 is 12.1 Å². The number of benzene rings is 1. The average molecular weight is 363 g/mol. The number of rotatable bonds is 8. The van der Waals surface area contributed by atoms with E-state index in [0.29, 0.717) is 17.1 Å². The minimum atomic E-state index is -0.852. The van der Waals surface area contributed by atoms with Crippen LogP contribution < -0.4 is 9.47 Å². The molecule has 1 aromatic rings. The molecule has 6 nitrogen and oxygen atoms in total. The number of methoxy groups -OCH3 is 2. The van der Waals surface area contributed by atoms with Gasteiger partial charge in [-0.2, -0.15) is 0 Å². The maximum atomic E-state index is 12.5. The van der Waals surface area contributed by atoms with Crippen molar-refractivity contribution < 1.29 is 23.8 Å². The molecule has 0 N–H and O–H groups in total. The highest BCUT2D eigenvalue weighted by Gasteiger charge is 2.27. The van der Waals surface area contributed by atoms with Gasteiger partial charge in [0.25, 0.3) is 5.91 Å². The van der Waals surface area contributed by atoms with Crippen molar-refractivity contribution in [2.75, 3.05) is 14.2 Å². The highest BCUT2D eigenvalue weighted by atomic mass is 16.5. The first-order chi connectivity index (χ1) is 12.2. The van der Waals surface area contributed by atoms with Crippen LogP contribution in [0.4, 0.5) is 0 Å². The fourth-order valence-electron chi connectivity index (χ4n) is 2.69. The van der Waals surface area contributed by atoms with Gasteiger partial charge in [0.05, 0.1) is 14.2 Å². The highest BCUT2D eigenvalue weighted by Crippen LogP contribution is 2.25. The van der Waals surface area contributed by atoms with Gasteiger partial charge in [0, 0.05) is 29.8 Å². The van der Waals surface area contributed by atoms with Crippen LogP contribution in [0.3, 0.4) is 0 Å². The van der Waals surface area contributed by atoms with E-state index in [9.17, 15) is 9.59 Å². The van der Waals surface area contributed by atoms with Gasteiger partial charge in [-0.3, -0.25) is 4.79 Å². The molecule has 0 aromatic heterocycles. The van der Waals surface area contributed by atoms with E-state index in [2.05, 4.69) is 0 Å². The molecule has 0 bridgehead atoms. The van der Waals surface area contributed by atoms with Crippen molar-refractivity contribution in [1.29, 1.82) is 0 Å². The quantitative estimate of drug-likeness (QED) is 0.524. The Morgan fingerprint density at radius 3 is 2.12 bits per heavy atom. The van der Waals surface area contributed by atoms with Gasteiger partial charge in [0.15, 0.2) is 6.10 Å². The third-order valence-electron chi connectivity index (χ3n) is 3.85. The van der Waals surface area contributed by atoms with Crippen LogP contribution in [0.1, 0.15) is 40.2 Å². The number of esters is 1. The monoisotopic (exact) mass is 363 g/mol. The molecule has 1 aromatic carbocycles. The minimum absolute atomic E-state index is 0.0303. The van der Waals surface area contributed by atoms with Crippen LogP contribution in [0.5, 0.6) is 11.5 Å². The van der Waals surface area contributed by atoms with Gasteiger partial charge >= 0.3 is 5.97 Å². The lowest BCUT2D eigenvalue weighted by Gasteiger charge is -2.32. The summed E-state index contributed by atoms with van der Waals surface area (Å²) >= 11 is 0. The summed E-state index contributed by atoms with van der Waals surface area (Å²) in [4.78, 5) is 26.3. The summed E-state index contributed by atoms with van der Waals surface area (Å²) in [6, 6.07) is 5.32. The van der Waals surface area contributed by atoms with Crippen molar-refractivity contribution >= 4 is 18.0 Å². The first kappa shape index (κ1) is 21.5. The Labute approximate surface area is 155 Å². The lowest BCUT2D eigenvalue weighted by Crippen LogP contribution is -2.47. The number of hydrogen-bond donors (Lipinski definition) is 0. The summed E-state index contributed by atoms with van der Waals surface area (Å²) in [5, 5.41) is 0. The summed E-state index contributed by atoms with van der Waals surface area (Å²) in [6.07, 6.45) is 2.01. The topological polar surface area (TPSA) is 65.1 Å². The molecular weight excluding hydrogens is 334 g/mol. The largest absolute Gasteiger partial charge is 0.497 e. The molecular formula is C20H29NO5. The number of ether oxygens (including phenoxy) is 3. The lowest BCUT2D eigenvalue weighted by atomic mass is 10.1. The van der Waals surface area contributed by atoms with Crippen LogP contribution in [0.15, 0.2) is 24.3 Å². The van der Waals surface area contributed by atoms with E-state index in [0.717, 1.165) is 0 Å². The highest BCUT2D eigenvalue weighted by molar-refractivity contribution is 5.90. The van der Waals surface area contributed by atoms with E-state index in [1.807, 2.05) is 27.7 Å². The molecule has 0 aliphatic carbocycles. The van der Waals surface area contributed by atoms with E-state index in [1.54, 1.807) is 43.2 Å². The Balaban J connectivity index is 2.79. The van der Waals surface area contributed by atoms with Crippen LogP contribution >= 0.6 is 0 Å². The molecule has 144 valence electrons. The number of hydrogen-bond acceptors (Lipinski definition) is 5. The maximum absolute atomic E-state index is 12.5. The second-order valence-corrected chi connectivity index (χ2v) is 6.45. The third-order valence-corrected chi connectivity index (χ3v) is 3.85. The second kappa shape index (κ2) is 9.85. The van der Waals surface area contributed by atoms with Gasteiger partial charge in [-0.25, -0.2) is 4.79 Å². The fraction of sp³-hybridized carbons (Fsp3) is 0.500. The molecule has 0 aliphatic heterocycles. The summed E-state index contributed by atoms with van der Waals surface area (Å²) in [7, 11) is 3.11. The minimum Gasteiger partial charge on any atom is -0.497 e. The smallest absolute Gasteiger partial charge is 0.331 e. The molecule has 0 saturated carbocycles. The zero-order valence-electron chi connectivity index (χ0n) is 16.6. The molecule has 0 saturated heterocycles. The van der Waals surface area contributed by atoms with E-state index in [-0.39, 0.29) is 18.0 Å². The lowest BCUT2D eigenvalue weighted by molar-refractivity contribution is -0.157. The van der Waals surface area contributed by atoms with Gasteiger partial charge in [-0.15, -0.1) is 0 Å². The fourth-order valence-corrected chi connectivity index (χ4v) is 2.69. The SMILES string of the molecule is COc1ccc(/C=C/C(=O)OC(C)C(=O)N(C(C)C)C(C)C)c(OC)c1. The molecule has 1 atom stereocenters. The Morgan fingerprint density at radius 2 is 1.62 bits per heavy atom. The van der Waals surface area contributed by atoms with Crippen LogP contribution in [-0.2, 0) is 14.3 Å². The van der Waals surface area contributed by atoms with Crippen molar-refractivity contribution in [3.63, 3.8) is 0 Å². The predicted molar refractivity (Wildman–Crippen MR) is 101 cm³/mol. The van der Waals surface area contributed by atoms with Crippen molar-refractivity contribution in [2.45, 2.75) is 52.8 Å². The van der Waals surface area contributed by atoms with Crippen molar-refractivity contribution in [1.82, 2.24) is 4.90 Å². The van der Waals surface area contributed by atoms with Gasteiger partial charge in [-0.05, 0) is 52.8 Å². The van der Waals surface area contributed by atoms with E-state index in [1.165, 1.54) is 13.2 Å². The Hall–Kier alpha value is -2.50. The number of amides is 1. The molecule has 0 fully saturated rings. The van der Waals surface area contributed by atoms with Crippen molar-refractivity contribution in [3.05, 3.63) is 29.8 Å². The van der Waals surface area contributed by atoms with Crippen LogP contribution in [-0.4, -0.2) is 49.2 Å². The molecule has 0 aliphatic rings. The predicted octanol–water partition coefficient (Wildman–Crippen LogP) is 3.29. The van der Waals surface area contributed by atoms with Crippen LogP contribution in [0.25, 0.3) is 6.08 Å². The zero-order valence-corrected chi connectivity index (χ0v) is 16.6. The molecule has 1 rings (SSSR count). The molecule has 1 unspecified atom stereocenters. The summed E-state index contributed by atoms with van der Waals surface area (Å²) in [5.41, 5.74) is 0.704. The Bertz CT molecular complexity index is 644.